The molecule has 1 heterocycles. The molecule has 0 N–H and O–H groups in total. The highest BCUT2D eigenvalue weighted by Gasteiger charge is 2.34. The van der Waals surface area contributed by atoms with Gasteiger partial charge in [-0.1, -0.05) is 48.2 Å². The largest absolute Gasteiger partial charge is 0.495 e. The molecule has 0 aromatic heterocycles. The molecule has 0 saturated carbocycles. The highest BCUT2D eigenvalue weighted by Crippen LogP contribution is 2.39. The molecule has 1 saturated heterocycles. The van der Waals surface area contributed by atoms with Crippen LogP contribution in [0.25, 0.3) is 6.08 Å². The Morgan fingerprint density at radius 1 is 1.17 bits per heavy atom. The van der Waals surface area contributed by atoms with Crippen LogP contribution in [0.4, 0.5) is 10.1 Å². The normalized spacial score (nSPS) is 16.3. The number of thiocarbonyl (C=S) groups is 1. The molecule has 6 heteroatoms. The van der Waals surface area contributed by atoms with Crippen LogP contribution in [0.1, 0.15) is 5.56 Å². The van der Waals surface area contributed by atoms with E-state index in [0.717, 1.165) is 5.56 Å². The van der Waals surface area contributed by atoms with Crippen molar-refractivity contribution in [2.75, 3.05) is 12.0 Å². The number of amides is 1. The summed E-state index contributed by atoms with van der Waals surface area (Å²) in [7, 11) is 1.55. The summed E-state index contributed by atoms with van der Waals surface area (Å²) in [6, 6.07) is 13.1. The molecule has 1 fully saturated rings. The molecular weight excluding hydrogens is 333 g/mol. The SMILES string of the molecule is COc1ccccc1N1C(=O)C(=Cc2ccc(F)cc2)SC1=S. The van der Waals surface area contributed by atoms with E-state index in [2.05, 4.69) is 0 Å². The number of hydrogen-bond acceptors (Lipinski definition) is 4. The second-order valence-corrected chi connectivity index (χ2v) is 6.42. The minimum absolute atomic E-state index is 0.214. The van der Waals surface area contributed by atoms with Crippen molar-refractivity contribution in [1.82, 2.24) is 0 Å². The van der Waals surface area contributed by atoms with Crippen molar-refractivity contribution >= 4 is 46.0 Å². The van der Waals surface area contributed by atoms with Gasteiger partial charge in [0.2, 0.25) is 0 Å². The maximum absolute atomic E-state index is 13.0. The standard InChI is InChI=1S/C17H12FNO2S2/c1-21-14-5-3-2-4-13(14)19-16(20)15(23-17(19)22)10-11-6-8-12(18)9-7-11/h2-10H,1H3. The van der Waals surface area contributed by atoms with Gasteiger partial charge < -0.3 is 4.74 Å². The Bertz CT molecular complexity index is 802. The van der Waals surface area contributed by atoms with Gasteiger partial charge in [-0.05, 0) is 35.9 Å². The van der Waals surface area contributed by atoms with Crippen LogP contribution in [-0.2, 0) is 4.79 Å². The van der Waals surface area contributed by atoms with Crippen molar-refractivity contribution in [3.05, 3.63) is 64.8 Å². The molecule has 3 nitrogen and oxygen atoms in total. The fourth-order valence-corrected chi connectivity index (χ4v) is 3.49. The van der Waals surface area contributed by atoms with E-state index in [0.29, 0.717) is 20.7 Å². The number of anilines is 1. The minimum atomic E-state index is -0.316. The lowest BCUT2D eigenvalue weighted by atomic mass is 10.2. The van der Waals surface area contributed by atoms with Gasteiger partial charge in [0.25, 0.3) is 5.91 Å². The molecule has 0 radical (unpaired) electrons. The second kappa shape index (κ2) is 6.52. The van der Waals surface area contributed by atoms with E-state index in [1.165, 1.54) is 28.8 Å². The van der Waals surface area contributed by atoms with Crippen molar-refractivity contribution in [3.8, 4) is 5.75 Å². The zero-order chi connectivity index (χ0) is 16.4. The van der Waals surface area contributed by atoms with Gasteiger partial charge in [0.05, 0.1) is 17.7 Å². The molecule has 0 unspecified atom stereocenters. The van der Waals surface area contributed by atoms with Gasteiger partial charge in [0.1, 0.15) is 11.6 Å². The molecule has 0 atom stereocenters. The Morgan fingerprint density at radius 3 is 2.57 bits per heavy atom. The zero-order valence-corrected chi connectivity index (χ0v) is 13.8. The molecule has 2 aromatic rings. The average molecular weight is 345 g/mol. The van der Waals surface area contributed by atoms with Gasteiger partial charge >= 0.3 is 0 Å². The molecule has 2 aromatic carbocycles. The minimum Gasteiger partial charge on any atom is -0.495 e. The van der Waals surface area contributed by atoms with Crippen LogP contribution < -0.4 is 9.64 Å². The lowest BCUT2D eigenvalue weighted by Crippen LogP contribution is -2.27. The number of carbonyl (C=O) groups excluding carboxylic acids is 1. The summed E-state index contributed by atoms with van der Waals surface area (Å²) in [5.41, 5.74) is 1.35. The predicted octanol–water partition coefficient (Wildman–Crippen LogP) is 4.24. The molecule has 23 heavy (non-hydrogen) atoms. The first-order valence-electron chi connectivity index (χ1n) is 6.76. The Morgan fingerprint density at radius 2 is 1.87 bits per heavy atom. The van der Waals surface area contributed by atoms with Crippen LogP contribution in [0.15, 0.2) is 53.4 Å². The fraction of sp³-hybridized carbons (Fsp3) is 0.0588. The van der Waals surface area contributed by atoms with Crippen LogP contribution in [-0.4, -0.2) is 17.3 Å². The second-order valence-electron chi connectivity index (χ2n) is 4.74. The topological polar surface area (TPSA) is 29.5 Å². The van der Waals surface area contributed by atoms with Gasteiger partial charge in [-0.15, -0.1) is 0 Å². The first kappa shape index (κ1) is 15.7. The molecule has 0 bridgehead atoms. The number of rotatable bonds is 3. The van der Waals surface area contributed by atoms with Crippen LogP contribution in [0.5, 0.6) is 5.75 Å². The van der Waals surface area contributed by atoms with Crippen molar-refractivity contribution in [2.45, 2.75) is 0 Å². The van der Waals surface area contributed by atoms with Crippen molar-refractivity contribution in [3.63, 3.8) is 0 Å². The summed E-state index contributed by atoms with van der Waals surface area (Å²) < 4.78 is 18.7. The van der Waals surface area contributed by atoms with Crippen LogP contribution in [0.3, 0.4) is 0 Å². The fourth-order valence-electron chi connectivity index (χ4n) is 2.20. The molecule has 3 rings (SSSR count). The van der Waals surface area contributed by atoms with Crippen LogP contribution in [0.2, 0.25) is 0 Å². The Kier molecular flexibility index (Phi) is 4.45. The summed E-state index contributed by atoms with van der Waals surface area (Å²) >= 11 is 6.55. The third-order valence-electron chi connectivity index (χ3n) is 3.29. The monoisotopic (exact) mass is 345 g/mol. The number of benzene rings is 2. The van der Waals surface area contributed by atoms with Gasteiger partial charge in [0.15, 0.2) is 4.32 Å². The summed E-state index contributed by atoms with van der Waals surface area (Å²) in [6.07, 6.45) is 1.70. The number of carbonyl (C=O) groups is 1. The summed E-state index contributed by atoms with van der Waals surface area (Å²) in [4.78, 5) is 14.6. The highest BCUT2D eigenvalue weighted by molar-refractivity contribution is 8.27. The smallest absolute Gasteiger partial charge is 0.270 e. The molecule has 0 spiro atoms. The van der Waals surface area contributed by atoms with E-state index in [9.17, 15) is 9.18 Å². The van der Waals surface area contributed by atoms with Crippen molar-refractivity contribution in [2.24, 2.45) is 0 Å². The predicted molar refractivity (Wildman–Crippen MR) is 95.0 cm³/mol. The first-order chi connectivity index (χ1) is 11.1. The Labute approximate surface area is 142 Å². The number of para-hydroxylation sites is 2. The molecular formula is C17H12FNO2S2. The summed E-state index contributed by atoms with van der Waals surface area (Å²) in [6.45, 7) is 0. The van der Waals surface area contributed by atoms with Gasteiger partial charge in [0, 0.05) is 0 Å². The number of halogens is 1. The lowest BCUT2D eigenvalue weighted by molar-refractivity contribution is -0.113. The van der Waals surface area contributed by atoms with E-state index in [4.69, 9.17) is 17.0 Å². The zero-order valence-electron chi connectivity index (χ0n) is 12.2. The van der Waals surface area contributed by atoms with Crippen molar-refractivity contribution < 1.29 is 13.9 Å². The first-order valence-corrected chi connectivity index (χ1v) is 7.99. The third-order valence-corrected chi connectivity index (χ3v) is 4.59. The van der Waals surface area contributed by atoms with Gasteiger partial charge in [-0.2, -0.15) is 0 Å². The van der Waals surface area contributed by atoms with E-state index in [-0.39, 0.29) is 11.7 Å². The summed E-state index contributed by atoms with van der Waals surface area (Å²) in [5.74, 6) is 0.0457. The number of ether oxygens (including phenoxy) is 1. The quantitative estimate of drug-likeness (QED) is 0.615. The summed E-state index contributed by atoms with van der Waals surface area (Å²) in [5, 5.41) is 0. The van der Waals surface area contributed by atoms with E-state index in [1.807, 2.05) is 12.1 Å². The number of thioether (sulfide) groups is 1. The van der Waals surface area contributed by atoms with E-state index in [1.54, 1.807) is 37.5 Å². The maximum Gasteiger partial charge on any atom is 0.270 e. The van der Waals surface area contributed by atoms with Crippen LogP contribution in [0, 0.1) is 5.82 Å². The van der Waals surface area contributed by atoms with Crippen molar-refractivity contribution in [1.29, 1.82) is 0 Å². The molecule has 1 aliphatic heterocycles. The van der Waals surface area contributed by atoms with Gasteiger partial charge in [-0.3, -0.25) is 9.69 Å². The molecule has 1 amide bonds. The third kappa shape index (κ3) is 3.13. The van der Waals surface area contributed by atoms with Crippen LogP contribution >= 0.6 is 24.0 Å². The average Bonchev–Trinajstić information content (AvgIpc) is 2.83. The Hall–Kier alpha value is -2.18. The molecule has 116 valence electrons. The number of nitrogens with zero attached hydrogens (tertiary/aromatic N) is 1. The molecule has 1 aliphatic rings. The number of methoxy groups -OCH3 is 1. The van der Waals surface area contributed by atoms with E-state index >= 15 is 0 Å². The number of hydrogen-bond donors (Lipinski definition) is 0. The van der Waals surface area contributed by atoms with Gasteiger partial charge in [-0.25, -0.2) is 4.39 Å². The highest BCUT2D eigenvalue weighted by atomic mass is 32.2. The maximum atomic E-state index is 13.0. The Balaban J connectivity index is 1.95. The van der Waals surface area contributed by atoms with E-state index < -0.39 is 0 Å². The molecule has 0 aliphatic carbocycles. The lowest BCUT2D eigenvalue weighted by Gasteiger charge is -2.17.